The highest BCUT2D eigenvalue weighted by Crippen LogP contribution is 2.22. The molecule has 5 rings (SSSR count). The van der Waals surface area contributed by atoms with Gasteiger partial charge in [-0.25, -0.2) is 0 Å². The number of benzene rings is 1. The summed E-state index contributed by atoms with van der Waals surface area (Å²) in [7, 11) is 0. The fourth-order valence-electron chi connectivity index (χ4n) is 3.85. The molecule has 3 aromatic heterocycles. The second kappa shape index (κ2) is 6.65. The first-order chi connectivity index (χ1) is 13.2. The summed E-state index contributed by atoms with van der Waals surface area (Å²) >= 11 is 3.28. The third-order valence-electron chi connectivity index (χ3n) is 5.29. The second-order valence-corrected chi connectivity index (χ2v) is 7.76. The predicted molar refractivity (Wildman–Crippen MR) is 108 cm³/mol. The monoisotopic (exact) mass is 426 g/mol. The summed E-state index contributed by atoms with van der Waals surface area (Å²) in [4.78, 5) is 15.3. The number of aromatic nitrogens is 3. The van der Waals surface area contributed by atoms with Crippen molar-refractivity contribution in [1.82, 2.24) is 19.2 Å². The number of nitrogens with zero attached hydrogens (tertiary/aromatic N) is 4. The van der Waals surface area contributed by atoms with E-state index in [1.54, 1.807) is 16.8 Å². The minimum atomic E-state index is -0.0947. The number of likely N-dealkylation sites (tertiary alicyclic amines) is 1. The largest absolute Gasteiger partial charge is 0.449 e. The van der Waals surface area contributed by atoms with Crippen molar-refractivity contribution in [3.05, 3.63) is 57.7 Å². The van der Waals surface area contributed by atoms with Crippen LogP contribution in [0.15, 0.2) is 56.6 Å². The quantitative estimate of drug-likeness (QED) is 0.497. The van der Waals surface area contributed by atoms with Gasteiger partial charge in [-0.2, -0.15) is 5.10 Å². The molecular weight excluding hydrogens is 408 g/mol. The molecule has 1 aromatic carbocycles. The summed E-state index contributed by atoms with van der Waals surface area (Å²) in [5.41, 5.74) is 2.41. The fraction of sp³-hybridized carbons (Fsp3) is 0.300. The predicted octanol–water partition coefficient (Wildman–Crippen LogP) is 3.79. The van der Waals surface area contributed by atoms with Crippen LogP contribution < -0.4 is 5.56 Å². The van der Waals surface area contributed by atoms with Crippen LogP contribution >= 0.6 is 15.9 Å². The van der Waals surface area contributed by atoms with E-state index in [2.05, 4.69) is 30.6 Å². The molecule has 4 aromatic rings. The Kier molecular flexibility index (Phi) is 4.13. The summed E-state index contributed by atoms with van der Waals surface area (Å²) in [5, 5.41) is 6.15. The summed E-state index contributed by atoms with van der Waals surface area (Å²) in [6.07, 6.45) is 6.23. The Morgan fingerprint density at radius 3 is 2.81 bits per heavy atom. The molecule has 1 aliphatic rings. The third kappa shape index (κ3) is 3.00. The molecule has 0 aliphatic carbocycles. The number of furan rings is 1. The highest BCUT2D eigenvalue weighted by molar-refractivity contribution is 9.10. The molecule has 0 amide bonds. The molecule has 4 heterocycles. The van der Waals surface area contributed by atoms with E-state index in [0.29, 0.717) is 15.6 Å². The molecule has 1 fully saturated rings. The third-order valence-corrected chi connectivity index (χ3v) is 5.68. The van der Waals surface area contributed by atoms with Crippen LogP contribution in [-0.2, 0) is 6.54 Å². The van der Waals surface area contributed by atoms with Gasteiger partial charge in [-0.3, -0.25) is 14.0 Å². The fourth-order valence-corrected chi connectivity index (χ4v) is 4.26. The van der Waals surface area contributed by atoms with Crippen LogP contribution in [0.3, 0.4) is 0 Å². The van der Waals surface area contributed by atoms with Crippen LogP contribution in [0.1, 0.15) is 12.8 Å². The molecule has 27 heavy (non-hydrogen) atoms. The first-order valence-electron chi connectivity index (χ1n) is 9.18. The molecule has 1 saturated heterocycles. The van der Waals surface area contributed by atoms with Crippen molar-refractivity contribution in [2.45, 2.75) is 19.4 Å². The Labute approximate surface area is 164 Å². The Balaban J connectivity index is 1.48. The van der Waals surface area contributed by atoms with Crippen LogP contribution in [-0.4, -0.2) is 38.9 Å². The number of hydrogen-bond acceptors (Lipinski definition) is 4. The van der Waals surface area contributed by atoms with Gasteiger partial charge in [0, 0.05) is 29.9 Å². The molecule has 0 bridgehead atoms. The van der Waals surface area contributed by atoms with Gasteiger partial charge in [-0.15, -0.1) is 0 Å². The molecule has 0 N–H and O–H groups in total. The van der Waals surface area contributed by atoms with Crippen molar-refractivity contribution < 1.29 is 4.42 Å². The first-order valence-corrected chi connectivity index (χ1v) is 9.97. The molecule has 6 nitrogen and oxygen atoms in total. The average molecular weight is 427 g/mol. The lowest BCUT2D eigenvalue weighted by molar-refractivity contribution is 0.318. The molecule has 0 atom stereocenters. The SMILES string of the molecule is O=c1c2cc(Br)oc2ccn1-c1ccc2c(cnn2CCN2CCCC2)c1. The molecule has 138 valence electrons. The van der Waals surface area contributed by atoms with Crippen molar-refractivity contribution in [1.29, 1.82) is 0 Å². The van der Waals surface area contributed by atoms with Gasteiger partial charge in [0.25, 0.3) is 5.56 Å². The van der Waals surface area contributed by atoms with Crippen molar-refractivity contribution in [2.75, 3.05) is 19.6 Å². The van der Waals surface area contributed by atoms with Crippen LogP contribution in [0, 0.1) is 0 Å². The molecule has 0 unspecified atom stereocenters. The number of hydrogen-bond donors (Lipinski definition) is 0. The van der Waals surface area contributed by atoms with Crippen LogP contribution in [0.25, 0.3) is 27.6 Å². The number of rotatable bonds is 4. The maximum absolute atomic E-state index is 12.8. The smallest absolute Gasteiger partial charge is 0.266 e. The molecule has 7 heteroatoms. The maximum Gasteiger partial charge on any atom is 0.266 e. The Morgan fingerprint density at radius 2 is 1.96 bits per heavy atom. The summed E-state index contributed by atoms with van der Waals surface area (Å²) in [6, 6.07) is 9.55. The highest BCUT2D eigenvalue weighted by atomic mass is 79.9. The van der Waals surface area contributed by atoms with E-state index in [-0.39, 0.29) is 5.56 Å². The summed E-state index contributed by atoms with van der Waals surface area (Å²) in [5.74, 6) is 0. The minimum Gasteiger partial charge on any atom is -0.449 e. The lowest BCUT2D eigenvalue weighted by Gasteiger charge is -2.14. The van der Waals surface area contributed by atoms with Gasteiger partial charge in [-0.1, -0.05) is 0 Å². The van der Waals surface area contributed by atoms with Crippen molar-refractivity contribution in [3.63, 3.8) is 0 Å². The van der Waals surface area contributed by atoms with Gasteiger partial charge in [0.05, 0.1) is 23.6 Å². The second-order valence-electron chi connectivity index (χ2n) is 6.98. The van der Waals surface area contributed by atoms with Gasteiger partial charge in [0.1, 0.15) is 5.58 Å². The summed E-state index contributed by atoms with van der Waals surface area (Å²) in [6.45, 7) is 4.31. The van der Waals surface area contributed by atoms with Crippen molar-refractivity contribution >= 4 is 37.8 Å². The zero-order valence-electron chi connectivity index (χ0n) is 14.8. The topological polar surface area (TPSA) is 56.2 Å². The Morgan fingerprint density at radius 1 is 1.11 bits per heavy atom. The first kappa shape index (κ1) is 16.8. The molecule has 0 spiro atoms. The molecule has 1 aliphatic heterocycles. The van der Waals surface area contributed by atoms with E-state index < -0.39 is 0 Å². The zero-order chi connectivity index (χ0) is 18.4. The Hall–Kier alpha value is -2.38. The van der Waals surface area contributed by atoms with E-state index in [0.717, 1.165) is 29.7 Å². The minimum absolute atomic E-state index is 0.0947. The zero-order valence-corrected chi connectivity index (χ0v) is 16.4. The van der Waals surface area contributed by atoms with E-state index in [4.69, 9.17) is 4.42 Å². The highest BCUT2D eigenvalue weighted by Gasteiger charge is 2.13. The van der Waals surface area contributed by atoms with Gasteiger partial charge < -0.3 is 9.32 Å². The molecule has 0 radical (unpaired) electrons. The standard InChI is InChI=1S/C20H19BrN4O2/c21-19-12-16-18(27-19)5-8-24(20(16)26)15-3-4-17-14(11-15)13-22-25(17)10-9-23-6-1-2-7-23/h3-5,8,11-13H,1-2,6-7,9-10H2. The lowest BCUT2D eigenvalue weighted by atomic mass is 10.2. The average Bonchev–Trinajstić information content (AvgIpc) is 3.39. The van der Waals surface area contributed by atoms with Crippen LogP contribution in [0.2, 0.25) is 0 Å². The van der Waals surface area contributed by atoms with Crippen molar-refractivity contribution in [3.8, 4) is 5.69 Å². The van der Waals surface area contributed by atoms with Gasteiger partial charge in [0.2, 0.25) is 0 Å². The Bertz CT molecular complexity index is 1180. The van der Waals surface area contributed by atoms with Gasteiger partial charge >= 0.3 is 0 Å². The van der Waals surface area contributed by atoms with Gasteiger partial charge in [-0.05, 0) is 66.1 Å². The molecular formula is C20H19BrN4O2. The normalized spacial score (nSPS) is 15.3. The molecule has 0 saturated carbocycles. The van der Waals surface area contributed by atoms with E-state index >= 15 is 0 Å². The lowest BCUT2D eigenvalue weighted by Crippen LogP contribution is -2.24. The number of pyridine rings is 1. The maximum atomic E-state index is 12.8. The number of fused-ring (bicyclic) bond motifs is 2. The number of halogens is 1. The van der Waals surface area contributed by atoms with Crippen LogP contribution in [0.5, 0.6) is 0 Å². The van der Waals surface area contributed by atoms with Crippen LogP contribution in [0.4, 0.5) is 0 Å². The summed E-state index contributed by atoms with van der Waals surface area (Å²) < 4.78 is 9.72. The van der Waals surface area contributed by atoms with E-state index in [1.165, 1.54) is 25.9 Å². The van der Waals surface area contributed by atoms with E-state index in [9.17, 15) is 4.79 Å². The van der Waals surface area contributed by atoms with Crippen molar-refractivity contribution in [2.24, 2.45) is 0 Å². The van der Waals surface area contributed by atoms with E-state index in [1.807, 2.05) is 30.5 Å². The van der Waals surface area contributed by atoms with Gasteiger partial charge in [0.15, 0.2) is 4.67 Å².